The molecule has 2 aromatic rings. The van der Waals surface area contributed by atoms with E-state index in [2.05, 4.69) is 43.4 Å². The Balaban J connectivity index is 1.82. The predicted molar refractivity (Wildman–Crippen MR) is 94.5 cm³/mol. The van der Waals surface area contributed by atoms with Crippen LogP contribution in [0.2, 0.25) is 0 Å². The molecule has 0 aliphatic carbocycles. The van der Waals surface area contributed by atoms with Crippen molar-refractivity contribution in [2.45, 2.75) is 32.7 Å². The molecule has 2 amide bonds. The van der Waals surface area contributed by atoms with Crippen LogP contribution in [0.25, 0.3) is 0 Å². The molecule has 0 spiro atoms. The molecule has 0 radical (unpaired) electrons. The van der Waals surface area contributed by atoms with Gasteiger partial charge in [-0.2, -0.15) is 0 Å². The number of anilines is 1. The first kappa shape index (κ1) is 15.6. The fourth-order valence-corrected chi connectivity index (χ4v) is 3.40. The third kappa shape index (κ3) is 3.55. The van der Waals surface area contributed by atoms with Gasteiger partial charge in [0.15, 0.2) is 0 Å². The first-order valence-electron chi connectivity index (χ1n) is 8.34. The number of rotatable bonds is 2. The highest BCUT2D eigenvalue weighted by molar-refractivity contribution is 5.89. The molecule has 1 fully saturated rings. The van der Waals surface area contributed by atoms with E-state index in [-0.39, 0.29) is 12.1 Å². The molecule has 1 saturated heterocycles. The second-order valence-corrected chi connectivity index (χ2v) is 6.46. The molecule has 23 heavy (non-hydrogen) atoms. The Morgan fingerprint density at radius 1 is 1.09 bits per heavy atom. The number of likely N-dealkylation sites (tertiary alicyclic amines) is 1. The summed E-state index contributed by atoms with van der Waals surface area (Å²) in [5.74, 6) is 0.466. The van der Waals surface area contributed by atoms with E-state index >= 15 is 0 Å². The van der Waals surface area contributed by atoms with E-state index in [4.69, 9.17) is 0 Å². The lowest BCUT2D eigenvalue weighted by molar-refractivity contribution is 0.129. The van der Waals surface area contributed by atoms with Crippen molar-refractivity contribution in [3.63, 3.8) is 0 Å². The lowest BCUT2D eigenvalue weighted by atomic mass is 9.86. The summed E-state index contributed by atoms with van der Waals surface area (Å²) in [6.07, 6.45) is 2.22. The zero-order valence-electron chi connectivity index (χ0n) is 13.8. The minimum absolute atomic E-state index is 0.00618. The highest BCUT2D eigenvalue weighted by Gasteiger charge is 2.33. The van der Waals surface area contributed by atoms with Crippen molar-refractivity contribution >= 4 is 11.7 Å². The highest BCUT2D eigenvalue weighted by atomic mass is 16.2. The minimum Gasteiger partial charge on any atom is -0.317 e. The first-order chi connectivity index (χ1) is 11.1. The summed E-state index contributed by atoms with van der Waals surface area (Å²) in [5, 5.41) is 3.03. The summed E-state index contributed by atoms with van der Waals surface area (Å²) in [7, 11) is 0. The fraction of sp³-hybridized carbons (Fsp3) is 0.350. The largest absolute Gasteiger partial charge is 0.322 e. The van der Waals surface area contributed by atoms with Crippen molar-refractivity contribution < 1.29 is 4.79 Å². The van der Waals surface area contributed by atoms with Crippen LogP contribution in [-0.2, 0) is 0 Å². The maximum Gasteiger partial charge on any atom is 0.322 e. The average Bonchev–Trinajstić information content (AvgIpc) is 2.56. The molecule has 120 valence electrons. The van der Waals surface area contributed by atoms with Crippen molar-refractivity contribution in [2.75, 3.05) is 11.9 Å². The fourth-order valence-electron chi connectivity index (χ4n) is 3.40. The van der Waals surface area contributed by atoms with Crippen LogP contribution >= 0.6 is 0 Å². The average molecular weight is 308 g/mol. The van der Waals surface area contributed by atoms with E-state index in [1.165, 1.54) is 11.1 Å². The van der Waals surface area contributed by atoms with Gasteiger partial charge in [-0.25, -0.2) is 4.79 Å². The topological polar surface area (TPSA) is 32.3 Å². The van der Waals surface area contributed by atoms with Gasteiger partial charge in [-0.3, -0.25) is 0 Å². The number of amides is 2. The van der Waals surface area contributed by atoms with Crippen LogP contribution in [0, 0.1) is 12.8 Å². The van der Waals surface area contributed by atoms with Crippen LogP contribution in [0.4, 0.5) is 10.5 Å². The molecule has 0 saturated carbocycles. The van der Waals surface area contributed by atoms with Crippen molar-refractivity contribution in [1.82, 2.24) is 4.90 Å². The molecule has 0 bridgehead atoms. The Bertz CT molecular complexity index is 651. The molecule has 3 heteroatoms. The van der Waals surface area contributed by atoms with Crippen LogP contribution in [-0.4, -0.2) is 17.5 Å². The quantitative estimate of drug-likeness (QED) is 0.832. The summed E-state index contributed by atoms with van der Waals surface area (Å²) >= 11 is 0. The minimum atomic E-state index is -0.00618. The molecular weight excluding hydrogens is 284 g/mol. The van der Waals surface area contributed by atoms with Crippen molar-refractivity contribution in [2.24, 2.45) is 5.92 Å². The number of hydrogen-bond donors (Lipinski definition) is 1. The number of benzene rings is 2. The second-order valence-electron chi connectivity index (χ2n) is 6.46. The number of aryl methyl sites for hydroxylation is 1. The molecule has 2 atom stereocenters. The van der Waals surface area contributed by atoms with Crippen LogP contribution < -0.4 is 5.32 Å². The number of carbonyl (C=O) groups is 1. The molecule has 1 N–H and O–H groups in total. The molecule has 0 aromatic heterocycles. The van der Waals surface area contributed by atoms with Gasteiger partial charge in [0, 0.05) is 12.2 Å². The number of nitrogens with zero attached hydrogens (tertiary/aromatic N) is 1. The van der Waals surface area contributed by atoms with Crippen LogP contribution in [0.15, 0.2) is 54.6 Å². The summed E-state index contributed by atoms with van der Waals surface area (Å²) in [4.78, 5) is 14.8. The zero-order chi connectivity index (χ0) is 16.2. The van der Waals surface area contributed by atoms with E-state index in [9.17, 15) is 4.79 Å². The molecule has 1 aliphatic rings. The Morgan fingerprint density at radius 2 is 1.78 bits per heavy atom. The lowest BCUT2D eigenvalue weighted by Gasteiger charge is -2.40. The van der Waals surface area contributed by atoms with Crippen LogP contribution in [0.1, 0.15) is 36.9 Å². The molecule has 0 unspecified atom stereocenters. The zero-order valence-corrected chi connectivity index (χ0v) is 13.8. The van der Waals surface area contributed by atoms with Gasteiger partial charge in [-0.15, -0.1) is 0 Å². The van der Waals surface area contributed by atoms with Gasteiger partial charge in [0.05, 0.1) is 6.04 Å². The van der Waals surface area contributed by atoms with E-state index in [0.717, 1.165) is 25.1 Å². The van der Waals surface area contributed by atoms with E-state index in [1.54, 1.807) is 0 Å². The number of nitrogens with one attached hydrogen (secondary N) is 1. The van der Waals surface area contributed by atoms with Gasteiger partial charge in [0.2, 0.25) is 0 Å². The molecule has 2 aromatic carbocycles. The van der Waals surface area contributed by atoms with Crippen LogP contribution in [0.3, 0.4) is 0 Å². The van der Waals surface area contributed by atoms with Gasteiger partial charge < -0.3 is 10.2 Å². The molecule has 1 heterocycles. The van der Waals surface area contributed by atoms with Gasteiger partial charge in [0.1, 0.15) is 0 Å². The standard InChI is InChI=1S/C20H24N2O/c1-15-10-12-17(13-11-15)19-16(2)7-6-14-22(19)20(23)21-18-8-4-3-5-9-18/h3-5,8-13,16,19H,6-7,14H2,1-2H3,(H,21,23)/t16-,19-/m0/s1. The monoisotopic (exact) mass is 308 g/mol. The third-order valence-corrected chi connectivity index (χ3v) is 4.64. The smallest absolute Gasteiger partial charge is 0.317 e. The van der Waals surface area contributed by atoms with Gasteiger partial charge in [-0.05, 0) is 43.4 Å². The Kier molecular flexibility index (Phi) is 4.65. The SMILES string of the molecule is Cc1ccc([C@@H]2[C@@H](C)CCCN2C(=O)Nc2ccccc2)cc1. The molecule has 3 nitrogen and oxygen atoms in total. The highest BCUT2D eigenvalue weighted by Crippen LogP contribution is 2.36. The summed E-state index contributed by atoms with van der Waals surface area (Å²) in [5.41, 5.74) is 3.32. The second kappa shape index (κ2) is 6.86. The van der Waals surface area contributed by atoms with Gasteiger partial charge in [0.25, 0.3) is 0 Å². The van der Waals surface area contributed by atoms with E-state index in [1.807, 2.05) is 35.2 Å². The van der Waals surface area contributed by atoms with Crippen molar-refractivity contribution in [3.8, 4) is 0 Å². The Morgan fingerprint density at radius 3 is 2.48 bits per heavy atom. The number of carbonyl (C=O) groups excluding carboxylic acids is 1. The maximum absolute atomic E-state index is 12.8. The summed E-state index contributed by atoms with van der Waals surface area (Å²) < 4.78 is 0. The first-order valence-corrected chi connectivity index (χ1v) is 8.34. The van der Waals surface area contributed by atoms with Gasteiger partial charge in [-0.1, -0.05) is 55.0 Å². The molecular formula is C20H24N2O. The molecule has 1 aliphatic heterocycles. The van der Waals surface area contributed by atoms with Crippen molar-refractivity contribution in [3.05, 3.63) is 65.7 Å². The Hall–Kier alpha value is -2.29. The number of urea groups is 1. The predicted octanol–water partition coefficient (Wildman–Crippen LogP) is 5.00. The molecule has 3 rings (SSSR count). The number of piperidine rings is 1. The summed E-state index contributed by atoms with van der Waals surface area (Å²) in [6, 6.07) is 18.4. The van der Waals surface area contributed by atoms with E-state index in [0.29, 0.717) is 5.92 Å². The lowest BCUT2D eigenvalue weighted by Crippen LogP contribution is -2.44. The van der Waals surface area contributed by atoms with Crippen LogP contribution in [0.5, 0.6) is 0 Å². The normalized spacial score (nSPS) is 21.0. The van der Waals surface area contributed by atoms with Gasteiger partial charge >= 0.3 is 6.03 Å². The number of para-hydroxylation sites is 1. The van der Waals surface area contributed by atoms with Crippen molar-refractivity contribution in [1.29, 1.82) is 0 Å². The number of hydrogen-bond acceptors (Lipinski definition) is 1. The third-order valence-electron chi connectivity index (χ3n) is 4.64. The maximum atomic E-state index is 12.8. The van der Waals surface area contributed by atoms with E-state index < -0.39 is 0 Å². The summed E-state index contributed by atoms with van der Waals surface area (Å²) in [6.45, 7) is 5.14. The Labute approximate surface area is 138 Å².